The maximum atomic E-state index is 12.5. The van der Waals surface area contributed by atoms with Gasteiger partial charge in [0.2, 0.25) is 0 Å². The van der Waals surface area contributed by atoms with Gasteiger partial charge in [0.05, 0.1) is 46.2 Å². The summed E-state index contributed by atoms with van der Waals surface area (Å²) in [5.41, 5.74) is 0.859. The maximum absolute atomic E-state index is 12.5. The molecule has 13 nitrogen and oxygen atoms in total. The van der Waals surface area contributed by atoms with Crippen molar-refractivity contribution in [1.29, 1.82) is 0 Å². The van der Waals surface area contributed by atoms with Crippen LogP contribution in [0.5, 0.6) is 0 Å². The molecular weight excluding hydrogens is 540 g/mol. The van der Waals surface area contributed by atoms with Gasteiger partial charge in [0.15, 0.2) is 18.7 Å². The van der Waals surface area contributed by atoms with Crippen LogP contribution in [-0.4, -0.2) is 106 Å². The average Bonchev–Trinajstić information content (AvgIpc) is 3.36. The molecule has 4 N–H and O–H groups in total. The van der Waals surface area contributed by atoms with E-state index in [1.54, 1.807) is 24.3 Å². The molecule has 1 aromatic rings. The largest absolute Gasteiger partial charge is 0.480 e. The molecule has 1 aromatic carbocycles. The lowest BCUT2D eigenvalue weighted by atomic mass is 10.1. The Labute approximate surface area is 239 Å². The van der Waals surface area contributed by atoms with Gasteiger partial charge >= 0.3 is 5.97 Å². The molecule has 13 heteroatoms. The lowest BCUT2D eigenvalue weighted by molar-refractivity contribution is -0.146. The van der Waals surface area contributed by atoms with Crippen molar-refractivity contribution in [2.75, 3.05) is 59.4 Å². The second-order valence-electron chi connectivity index (χ2n) is 8.93. The highest BCUT2D eigenvalue weighted by molar-refractivity contribution is 5.94. The monoisotopic (exact) mass is 580 g/mol. The summed E-state index contributed by atoms with van der Waals surface area (Å²) < 4.78 is 32.1. The summed E-state index contributed by atoms with van der Waals surface area (Å²) in [5.74, 6) is 0.122. The Hall–Kier alpha value is -3.09. The van der Waals surface area contributed by atoms with Crippen LogP contribution in [0, 0.1) is 12.3 Å². The van der Waals surface area contributed by atoms with E-state index in [1.165, 1.54) is 0 Å². The zero-order valence-electron chi connectivity index (χ0n) is 23.3. The van der Waals surface area contributed by atoms with E-state index in [-0.39, 0.29) is 18.9 Å². The summed E-state index contributed by atoms with van der Waals surface area (Å²) in [5, 5.41) is 24.6. The van der Waals surface area contributed by atoms with Crippen molar-refractivity contribution in [2.45, 2.75) is 50.9 Å². The van der Waals surface area contributed by atoms with Gasteiger partial charge in [-0.15, -0.1) is 6.42 Å². The number of terminal acetylenes is 1. The van der Waals surface area contributed by atoms with E-state index in [0.717, 1.165) is 6.42 Å². The predicted octanol–water partition coefficient (Wildman–Crippen LogP) is 0.608. The number of unbranched alkanes of at least 4 members (excludes halogenated alkanes) is 1. The van der Waals surface area contributed by atoms with E-state index in [2.05, 4.69) is 16.6 Å². The zero-order chi connectivity index (χ0) is 29.9. The number of carbonyl (C=O) groups excluding carboxylic acids is 2. The van der Waals surface area contributed by atoms with E-state index in [9.17, 15) is 24.6 Å². The topological polar surface area (TPSA) is 171 Å². The predicted molar refractivity (Wildman–Crippen MR) is 145 cm³/mol. The number of aliphatic hydroxyl groups is 1. The van der Waals surface area contributed by atoms with Crippen LogP contribution in [0.15, 0.2) is 24.3 Å². The number of hydrogen-bond donors (Lipinski definition) is 4. The molecule has 1 saturated heterocycles. The maximum Gasteiger partial charge on any atom is 0.326 e. The van der Waals surface area contributed by atoms with Crippen molar-refractivity contribution < 1.29 is 53.0 Å². The fourth-order valence-electron chi connectivity index (χ4n) is 3.62. The molecule has 228 valence electrons. The quantitative estimate of drug-likeness (QED) is 0.119. The summed E-state index contributed by atoms with van der Waals surface area (Å²) in [6.07, 6.45) is 2.69. The molecule has 2 rings (SSSR count). The third-order valence-electron chi connectivity index (χ3n) is 5.79. The van der Waals surface area contributed by atoms with Gasteiger partial charge < -0.3 is 49.3 Å². The van der Waals surface area contributed by atoms with Crippen molar-refractivity contribution in [3.8, 4) is 12.3 Å². The molecule has 1 aliphatic rings. The fraction of sp³-hybridized carbons (Fsp3) is 0.607. The number of aliphatic carboxylic acids is 1. The molecule has 0 radical (unpaired) electrons. The first kappa shape index (κ1) is 34.1. The van der Waals surface area contributed by atoms with Crippen LogP contribution in [-0.2, 0) is 38.0 Å². The van der Waals surface area contributed by atoms with Crippen molar-refractivity contribution in [1.82, 2.24) is 10.6 Å². The Morgan fingerprint density at radius 2 is 1.59 bits per heavy atom. The first-order chi connectivity index (χ1) is 19.9. The minimum Gasteiger partial charge on any atom is -0.480 e. The van der Waals surface area contributed by atoms with Crippen molar-refractivity contribution >= 4 is 17.8 Å². The van der Waals surface area contributed by atoms with Gasteiger partial charge in [0, 0.05) is 17.7 Å². The Morgan fingerprint density at radius 1 is 0.976 bits per heavy atom. The molecule has 1 heterocycles. The lowest BCUT2D eigenvalue weighted by Crippen LogP contribution is -2.48. The first-order valence-electron chi connectivity index (χ1n) is 13.5. The summed E-state index contributed by atoms with van der Waals surface area (Å²) >= 11 is 0. The molecule has 0 saturated carbocycles. The number of carboxylic acid groups (broad SMARTS) is 1. The molecule has 1 aliphatic heterocycles. The third-order valence-corrected chi connectivity index (χ3v) is 5.79. The first-order valence-corrected chi connectivity index (χ1v) is 13.5. The molecule has 1 fully saturated rings. The number of aliphatic hydroxyl groups excluding tert-OH is 1. The Bertz CT molecular complexity index is 967. The second-order valence-corrected chi connectivity index (χ2v) is 8.93. The number of amides is 2. The third kappa shape index (κ3) is 13.0. The van der Waals surface area contributed by atoms with Crippen LogP contribution in [0.25, 0.3) is 0 Å². The van der Waals surface area contributed by atoms with Crippen LogP contribution < -0.4 is 10.6 Å². The summed E-state index contributed by atoms with van der Waals surface area (Å²) in [7, 11) is 0. The number of hydrogen-bond acceptors (Lipinski definition) is 10. The molecule has 4 atom stereocenters. The Kier molecular flexibility index (Phi) is 16.6. The van der Waals surface area contributed by atoms with Crippen LogP contribution in [0.1, 0.15) is 48.4 Å². The van der Waals surface area contributed by atoms with Crippen LogP contribution in [0.2, 0.25) is 0 Å². The van der Waals surface area contributed by atoms with E-state index in [4.69, 9.17) is 34.8 Å². The zero-order valence-corrected chi connectivity index (χ0v) is 23.3. The van der Waals surface area contributed by atoms with Crippen LogP contribution in [0.4, 0.5) is 0 Å². The molecule has 0 aromatic heterocycles. The molecule has 41 heavy (non-hydrogen) atoms. The summed E-state index contributed by atoms with van der Waals surface area (Å²) in [6, 6.07) is 5.18. The van der Waals surface area contributed by atoms with Crippen molar-refractivity contribution in [3.63, 3.8) is 0 Å². The Morgan fingerprint density at radius 3 is 2.17 bits per heavy atom. The molecule has 1 unspecified atom stereocenters. The van der Waals surface area contributed by atoms with Gasteiger partial charge in [-0.2, -0.15) is 0 Å². The fourth-order valence-corrected chi connectivity index (χ4v) is 3.62. The van der Waals surface area contributed by atoms with Gasteiger partial charge in [0.25, 0.3) is 11.8 Å². The lowest BCUT2D eigenvalue weighted by Gasteiger charge is -2.17. The summed E-state index contributed by atoms with van der Waals surface area (Å²) in [6.45, 7) is 5.31. The number of rotatable bonds is 21. The van der Waals surface area contributed by atoms with Crippen LogP contribution in [0.3, 0.4) is 0 Å². The molecule has 2 amide bonds. The van der Waals surface area contributed by atoms with E-state index in [1.807, 2.05) is 6.92 Å². The molecule has 0 bridgehead atoms. The second kappa shape index (κ2) is 19.9. The Balaban J connectivity index is 1.63. The van der Waals surface area contributed by atoms with E-state index in [0.29, 0.717) is 70.3 Å². The molecular formula is C28H40N2O11. The van der Waals surface area contributed by atoms with Gasteiger partial charge in [-0.3, -0.25) is 9.59 Å². The van der Waals surface area contributed by atoms with Gasteiger partial charge in [-0.25, -0.2) is 4.79 Å². The standard InChI is InChI=1S/C28H40N2O11/c1-3-5-6-22(26(33)34)30-25(32)23-27(35)41-28(40-23)21-9-7-20(8-10-21)24(31)29-11-13-37-15-17-39-19-18-38-16-14-36-12-4-2/h2,7-10,22-23,27-28,35H,3,5-6,11-19H2,1H3,(H,29,31)(H,30,32)(H,33,34)/t22-,23-,27+,28?/m0/s1. The van der Waals surface area contributed by atoms with E-state index < -0.39 is 36.6 Å². The number of ether oxygens (including phenoxy) is 6. The average molecular weight is 581 g/mol. The summed E-state index contributed by atoms with van der Waals surface area (Å²) in [4.78, 5) is 36.3. The smallest absolute Gasteiger partial charge is 0.326 e. The number of benzene rings is 1. The van der Waals surface area contributed by atoms with Crippen LogP contribution >= 0.6 is 0 Å². The SMILES string of the molecule is C#CCOCCOCCOCCOCCNC(=O)c1ccc(C2O[C@@H](O)[C@H](C(=O)N[C@@H](CCCC)C(=O)O)O2)cc1. The normalized spacial score (nSPS) is 18.9. The highest BCUT2D eigenvalue weighted by atomic mass is 16.8. The minimum atomic E-state index is -1.58. The van der Waals surface area contributed by atoms with E-state index >= 15 is 0 Å². The minimum absolute atomic E-state index is 0.261. The number of nitrogens with one attached hydrogen (secondary N) is 2. The number of carbonyl (C=O) groups is 3. The van der Waals surface area contributed by atoms with Gasteiger partial charge in [-0.1, -0.05) is 37.8 Å². The highest BCUT2D eigenvalue weighted by Crippen LogP contribution is 2.30. The highest BCUT2D eigenvalue weighted by Gasteiger charge is 2.41. The molecule has 0 spiro atoms. The molecule has 0 aliphatic carbocycles. The van der Waals surface area contributed by atoms with Gasteiger partial charge in [0.1, 0.15) is 12.6 Å². The van der Waals surface area contributed by atoms with Gasteiger partial charge in [-0.05, 0) is 18.6 Å². The van der Waals surface area contributed by atoms with Crippen molar-refractivity contribution in [3.05, 3.63) is 35.4 Å². The van der Waals surface area contributed by atoms with Crippen molar-refractivity contribution in [2.24, 2.45) is 0 Å². The number of carboxylic acids is 1.